The van der Waals surface area contributed by atoms with E-state index in [1.165, 1.54) is 12.1 Å². The van der Waals surface area contributed by atoms with Gasteiger partial charge in [0.1, 0.15) is 5.82 Å². The van der Waals surface area contributed by atoms with Crippen molar-refractivity contribution in [3.8, 4) is 11.3 Å². The van der Waals surface area contributed by atoms with E-state index < -0.39 is 0 Å². The van der Waals surface area contributed by atoms with Gasteiger partial charge >= 0.3 is 0 Å². The molecule has 0 spiro atoms. The highest BCUT2D eigenvalue weighted by Crippen LogP contribution is 2.30. The molecule has 0 aliphatic rings. The third kappa shape index (κ3) is 1.90. The molecule has 0 saturated carbocycles. The number of hydrogen-bond acceptors (Lipinski definition) is 4. The van der Waals surface area contributed by atoms with Gasteiger partial charge in [-0.2, -0.15) is 0 Å². The lowest BCUT2D eigenvalue weighted by molar-refractivity contribution is 0.433. The van der Waals surface area contributed by atoms with Crippen LogP contribution in [0.1, 0.15) is 5.56 Å². The molecule has 2 rings (SSSR count). The molecule has 0 aliphatic heterocycles. The quantitative estimate of drug-likeness (QED) is 0.817. The molecule has 0 aliphatic carbocycles. The van der Waals surface area contributed by atoms with Crippen LogP contribution in [0.15, 0.2) is 27.6 Å². The minimum absolute atomic E-state index is 0.251. The molecule has 0 bridgehead atoms. The van der Waals surface area contributed by atoms with Gasteiger partial charge in [-0.3, -0.25) is 0 Å². The van der Waals surface area contributed by atoms with Gasteiger partial charge in [0, 0.05) is 11.0 Å². The maximum absolute atomic E-state index is 13.7. The molecule has 0 saturated heterocycles. The van der Waals surface area contributed by atoms with Crippen molar-refractivity contribution in [2.45, 2.75) is 11.8 Å². The standard InChI is InChI=1S/C11H11FN2OS/c1-6-3-8(12)7(4-10(6)16-2)9-5-11(13)14-15-9/h3-5H,1-2H3,(H2,13,14). The van der Waals surface area contributed by atoms with Crippen molar-refractivity contribution in [2.75, 3.05) is 12.0 Å². The summed E-state index contributed by atoms with van der Waals surface area (Å²) >= 11 is 1.56. The second-order valence-electron chi connectivity index (χ2n) is 3.42. The van der Waals surface area contributed by atoms with Crippen LogP contribution in [0.5, 0.6) is 0 Å². The molecular weight excluding hydrogens is 227 g/mol. The second-order valence-corrected chi connectivity index (χ2v) is 4.27. The first kappa shape index (κ1) is 11.0. The summed E-state index contributed by atoms with van der Waals surface area (Å²) < 4.78 is 18.7. The van der Waals surface area contributed by atoms with Gasteiger partial charge in [0.25, 0.3) is 0 Å². The zero-order chi connectivity index (χ0) is 11.7. The van der Waals surface area contributed by atoms with Gasteiger partial charge in [0.15, 0.2) is 11.6 Å². The van der Waals surface area contributed by atoms with Crippen molar-refractivity contribution in [1.82, 2.24) is 5.16 Å². The van der Waals surface area contributed by atoms with E-state index in [1.807, 2.05) is 13.2 Å². The maximum Gasteiger partial charge on any atom is 0.172 e. The summed E-state index contributed by atoms with van der Waals surface area (Å²) in [6.45, 7) is 1.87. The number of aromatic nitrogens is 1. The highest BCUT2D eigenvalue weighted by atomic mass is 32.2. The van der Waals surface area contributed by atoms with Crippen LogP contribution < -0.4 is 5.73 Å². The van der Waals surface area contributed by atoms with Gasteiger partial charge in [-0.15, -0.1) is 11.8 Å². The zero-order valence-electron chi connectivity index (χ0n) is 8.95. The number of nitrogen functional groups attached to an aromatic ring is 1. The molecule has 0 atom stereocenters. The fraction of sp³-hybridized carbons (Fsp3) is 0.182. The summed E-state index contributed by atoms with van der Waals surface area (Å²) in [5.41, 5.74) is 6.73. The molecule has 3 nitrogen and oxygen atoms in total. The average Bonchev–Trinajstić information content (AvgIpc) is 2.65. The molecule has 84 valence electrons. The molecule has 0 amide bonds. The first-order valence-corrected chi connectivity index (χ1v) is 5.91. The van der Waals surface area contributed by atoms with Gasteiger partial charge in [-0.1, -0.05) is 5.16 Å². The van der Waals surface area contributed by atoms with E-state index in [2.05, 4.69) is 5.16 Å². The zero-order valence-corrected chi connectivity index (χ0v) is 9.77. The third-order valence-corrected chi connectivity index (χ3v) is 3.16. The summed E-state index contributed by atoms with van der Waals surface area (Å²) in [7, 11) is 0. The van der Waals surface area contributed by atoms with Crippen LogP contribution in [0.2, 0.25) is 0 Å². The summed E-state index contributed by atoms with van der Waals surface area (Å²) in [4.78, 5) is 1.01. The van der Waals surface area contributed by atoms with Crippen molar-refractivity contribution >= 4 is 17.6 Å². The van der Waals surface area contributed by atoms with Crippen molar-refractivity contribution in [1.29, 1.82) is 0 Å². The Morgan fingerprint density at radius 1 is 1.38 bits per heavy atom. The van der Waals surface area contributed by atoms with Crippen LogP contribution >= 0.6 is 11.8 Å². The summed E-state index contributed by atoms with van der Waals surface area (Å²) in [5.74, 6) is 0.275. The first-order valence-electron chi connectivity index (χ1n) is 4.68. The van der Waals surface area contributed by atoms with E-state index in [1.54, 1.807) is 17.8 Å². The number of hydrogen-bond donors (Lipinski definition) is 1. The normalized spacial score (nSPS) is 10.7. The number of anilines is 1. The number of nitrogens with zero attached hydrogens (tertiary/aromatic N) is 1. The molecule has 0 fully saturated rings. The topological polar surface area (TPSA) is 52.0 Å². The van der Waals surface area contributed by atoms with Crippen molar-refractivity contribution in [3.63, 3.8) is 0 Å². The molecule has 16 heavy (non-hydrogen) atoms. The van der Waals surface area contributed by atoms with E-state index in [9.17, 15) is 4.39 Å². The number of aryl methyl sites for hydroxylation is 1. The van der Waals surface area contributed by atoms with Crippen molar-refractivity contribution in [2.24, 2.45) is 0 Å². The van der Waals surface area contributed by atoms with Crippen LogP contribution in [0, 0.1) is 12.7 Å². The van der Waals surface area contributed by atoms with E-state index >= 15 is 0 Å². The van der Waals surface area contributed by atoms with Gasteiger partial charge in [-0.05, 0) is 30.9 Å². The molecule has 1 aromatic heterocycles. The van der Waals surface area contributed by atoms with Gasteiger partial charge in [0.05, 0.1) is 5.56 Å². The van der Waals surface area contributed by atoms with Gasteiger partial charge in [-0.25, -0.2) is 4.39 Å². The molecule has 5 heteroatoms. The van der Waals surface area contributed by atoms with E-state index in [0.29, 0.717) is 11.3 Å². The van der Waals surface area contributed by atoms with E-state index in [-0.39, 0.29) is 11.6 Å². The number of thioether (sulfide) groups is 1. The second kappa shape index (κ2) is 4.17. The number of halogens is 1. The van der Waals surface area contributed by atoms with Crippen LogP contribution in [-0.4, -0.2) is 11.4 Å². The Balaban J connectivity index is 2.56. The lowest BCUT2D eigenvalue weighted by atomic mass is 10.1. The summed E-state index contributed by atoms with van der Waals surface area (Å²) in [6.07, 6.45) is 1.94. The Bertz CT molecular complexity index is 525. The van der Waals surface area contributed by atoms with Crippen molar-refractivity contribution < 1.29 is 8.91 Å². The Morgan fingerprint density at radius 3 is 2.69 bits per heavy atom. The van der Waals surface area contributed by atoms with E-state index in [4.69, 9.17) is 10.3 Å². The number of rotatable bonds is 2. The van der Waals surface area contributed by atoms with Crippen LogP contribution in [0.4, 0.5) is 10.2 Å². The van der Waals surface area contributed by atoms with Gasteiger partial charge in [0.2, 0.25) is 0 Å². The summed E-state index contributed by atoms with van der Waals surface area (Å²) in [5, 5.41) is 3.54. The van der Waals surface area contributed by atoms with Crippen LogP contribution in [-0.2, 0) is 0 Å². The Morgan fingerprint density at radius 2 is 2.12 bits per heavy atom. The third-order valence-electron chi connectivity index (χ3n) is 2.28. The maximum atomic E-state index is 13.7. The Labute approximate surface area is 96.8 Å². The molecular formula is C11H11FN2OS. The van der Waals surface area contributed by atoms with Crippen LogP contribution in [0.25, 0.3) is 11.3 Å². The van der Waals surface area contributed by atoms with Gasteiger partial charge < -0.3 is 10.3 Å². The number of nitrogens with two attached hydrogens (primary N) is 1. The molecule has 0 radical (unpaired) electrons. The molecule has 1 aromatic carbocycles. The smallest absolute Gasteiger partial charge is 0.172 e. The molecule has 2 N–H and O–H groups in total. The average molecular weight is 238 g/mol. The lowest BCUT2D eigenvalue weighted by Crippen LogP contribution is -1.87. The predicted octanol–water partition coefficient (Wildman–Crippen LogP) is 3.09. The summed E-state index contributed by atoms with van der Waals surface area (Å²) in [6, 6.07) is 4.74. The largest absolute Gasteiger partial charge is 0.381 e. The minimum Gasteiger partial charge on any atom is -0.381 e. The molecule has 2 aromatic rings. The molecule has 0 unspecified atom stereocenters. The van der Waals surface area contributed by atoms with Crippen LogP contribution in [0.3, 0.4) is 0 Å². The Kier molecular flexibility index (Phi) is 2.87. The highest BCUT2D eigenvalue weighted by Gasteiger charge is 2.13. The lowest BCUT2D eigenvalue weighted by Gasteiger charge is -2.05. The number of benzene rings is 1. The highest BCUT2D eigenvalue weighted by molar-refractivity contribution is 7.98. The Hall–Kier alpha value is -1.49. The van der Waals surface area contributed by atoms with E-state index in [0.717, 1.165) is 10.5 Å². The fourth-order valence-electron chi connectivity index (χ4n) is 1.48. The minimum atomic E-state index is -0.327. The molecule has 1 heterocycles. The first-order chi connectivity index (χ1) is 7.61. The fourth-order valence-corrected chi connectivity index (χ4v) is 2.09. The predicted molar refractivity (Wildman–Crippen MR) is 62.8 cm³/mol. The monoisotopic (exact) mass is 238 g/mol. The van der Waals surface area contributed by atoms with Crippen molar-refractivity contribution in [3.05, 3.63) is 29.6 Å². The SMILES string of the molecule is CSc1cc(-c2cc(N)no2)c(F)cc1C.